The molecular weight excluding hydrogens is 260 g/mol. The molecule has 0 aliphatic carbocycles. The minimum absolute atomic E-state index is 0.111. The summed E-state index contributed by atoms with van der Waals surface area (Å²) in [7, 11) is 1.68. The van der Waals surface area contributed by atoms with Gasteiger partial charge in [0.1, 0.15) is 5.75 Å². The van der Waals surface area contributed by atoms with Crippen LogP contribution in [0.2, 0.25) is 0 Å². The Morgan fingerprint density at radius 1 is 1.33 bits per heavy atom. The van der Waals surface area contributed by atoms with Crippen molar-refractivity contribution in [2.24, 2.45) is 5.10 Å². The summed E-state index contributed by atoms with van der Waals surface area (Å²) in [5.74, 6) is 0.111. The lowest BCUT2D eigenvalue weighted by Gasteiger charge is -2.06. The van der Waals surface area contributed by atoms with Gasteiger partial charge in [0.15, 0.2) is 5.11 Å². The number of nitrogens with one attached hydrogen (secondary N) is 2. The van der Waals surface area contributed by atoms with E-state index in [1.54, 1.807) is 26.1 Å². The zero-order chi connectivity index (χ0) is 13.5. The van der Waals surface area contributed by atoms with Gasteiger partial charge in [0.2, 0.25) is 0 Å². The van der Waals surface area contributed by atoms with E-state index in [9.17, 15) is 8.78 Å². The summed E-state index contributed by atoms with van der Waals surface area (Å²) >= 11 is 4.86. The average Bonchev–Trinajstić information content (AvgIpc) is 2.35. The molecule has 0 heterocycles. The molecule has 0 fully saturated rings. The van der Waals surface area contributed by atoms with Crippen LogP contribution in [0.25, 0.3) is 0 Å². The van der Waals surface area contributed by atoms with Gasteiger partial charge in [-0.15, -0.1) is 0 Å². The predicted molar refractivity (Wildman–Crippen MR) is 70.1 cm³/mol. The average molecular weight is 273 g/mol. The van der Waals surface area contributed by atoms with Crippen molar-refractivity contribution in [1.82, 2.24) is 10.7 Å². The first-order chi connectivity index (χ1) is 8.52. The number of hydrazone groups is 1. The maximum atomic E-state index is 12.0. The maximum Gasteiger partial charge on any atom is 0.387 e. The first-order valence-corrected chi connectivity index (χ1v) is 5.51. The quantitative estimate of drug-likeness (QED) is 0.501. The van der Waals surface area contributed by atoms with Crippen LogP contribution in [0.4, 0.5) is 8.78 Å². The molecule has 0 aromatic heterocycles. The highest BCUT2D eigenvalue weighted by atomic mass is 32.1. The summed E-state index contributed by atoms with van der Waals surface area (Å²) in [6, 6.07) is 6.19. The smallest absolute Gasteiger partial charge is 0.387 e. The summed E-state index contributed by atoms with van der Waals surface area (Å²) in [5.41, 5.74) is 4.09. The second-order valence-electron chi connectivity index (χ2n) is 3.29. The van der Waals surface area contributed by atoms with Crippen LogP contribution in [0.3, 0.4) is 0 Å². The SMILES string of the molecule is CNC(=S)N/N=C(/C)c1ccc(OC(F)F)cc1. The fourth-order valence-electron chi connectivity index (χ4n) is 1.13. The third-order valence-corrected chi connectivity index (χ3v) is 2.34. The minimum atomic E-state index is -2.82. The van der Waals surface area contributed by atoms with Crippen LogP contribution in [-0.2, 0) is 0 Å². The van der Waals surface area contributed by atoms with Gasteiger partial charge in [-0.05, 0) is 49.0 Å². The van der Waals surface area contributed by atoms with Gasteiger partial charge in [0, 0.05) is 7.05 Å². The van der Waals surface area contributed by atoms with E-state index in [-0.39, 0.29) is 5.75 Å². The second kappa shape index (κ2) is 6.85. The Balaban J connectivity index is 2.69. The highest BCUT2D eigenvalue weighted by Gasteiger charge is 2.04. The number of halogens is 2. The normalized spacial score (nSPS) is 11.3. The lowest BCUT2D eigenvalue weighted by atomic mass is 10.1. The van der Waals surface area contributed by atoms with Crippen molar-refractivity contribution in [3.8, 4) is 5.75 Å². The number of benzene rings is 1. The van der Waals surface area contributed by atoms with Gasteiger partial charge >= 0.3 is 6.61 Å². The molecule has 7 heteroatoms. The van der Waals surface area contributed by atoms with Crippen LogP contribution in [0.1, 0.15) is 12.5 Å². The molecule has 0 saturated heterocycles. The van der Waals surface area contributed by atoms with E-state index >= 15 is 0 Å². The van der Waals surface area contributed by atoms with Crippen LogP contribution < -0.4 is 15.5 Å². The summed E-state index contributed by atoms with van der Waals surface area (Å²) < 4.78 is 28.1. The van der Waals surface area contributed by atoms with Crippen LogP contribution >= 0.6 is 12.2 Å². The first kappa shape index (κ1) is 14.3. The minimum Gasteiger partial charge on any atom is -0.435 e. The molecule has 0 bridgehead atoms. The van der Waals surface area contributed by atoms with E-state index in [2.05, 4.69) is 20.6 Å². The lowest BCUT2D eigenvalue weighted by Crippen LogP contribution is -2.29. The Morgan fingerprint density at radius 2 is 1.94 bits per heavy atom. The molecule has 0 atom stereocenters. The molecule has 4 nitrogen and oxygen atoms in total. The van der Waals surface area contributed by atoms with Gasteiger partial charge in [0.25, 0.3) is 0 Å². The van der Waals surface area contributed by atoms with Gasteiger partial charge in [-0.3, -0.25) is 5.43 Å². The molecule has 98 valence electrons. The number of hydrogen-bond acceptors (Lipinski definition) is 3. The van der Waals surface area contributed by atoms with Gasteiger partial charge in [-0.25, -0.2) is 0 Å². The van der Waals surface area contributed by atoms with E-state index < -0.39 is 6.61 Å². The van der Waals surface area contributed by atoms with Crippen LogP contribution in [-0.4, -0.2) is 24.5 Å². The molecule has 0 aliphatic heterocycles. The van der Waals surface area contributed by atoms with Gasteiger partial charge < -0.3 is 10.1 Å². The molecule has 1 aromatic carbocycles. The zero-order valence-corrected chi connectivity index (χ0v) is 10.7. The van der Waals surface area contributed by atoms with Crippen molar-refractivity contribution < 1.29 is 13.5 Å². The van der Waals surface area contributed by atoms with Gasteiger partial charge in [-0.1, -0.05) is 0 Å². The van der Waals surface area contributed by atoms with Crippen molar-refractivity contribution >= 4 is 23.0 Å². The number of ether oxygens (including phenoxy) is 1. The van der Waals surface area contributed by atoms with E-state index in [0.717, 1.165) is 5.56 Å². The summed E-state index contributed by atoms with van der Waals surface area (Å²) in [6.07, 6.45) is 0. The molecule has 1 aromatic rings. The van der Waals surface area contributed by atoms with Crippen molar-refractivity contribution in [1.29, 1.82) is 0 Å². The van der Waals surface area contributed by atoms with Crippen molar-refractivity contribution in [2.75, 3.05) is 7.05 Å². The molecule has 18 heavy (non-hydrogen) atoms. The second-order valence-corrected chi connectivity index (χ2v) is 3.70. The largest absolute Gasteiger partial charge is 0.435 e. The van der Waals surface area contributed by atoms with Crippen molar-refractivity contribution in [2.45, 2.75) is 13.5 Å². The summed E-state index contributed by atoms with van der Waals surface area (Å²) in [4.78, 5) is 0. The number of alkyl halides is 2. The van der Waals surface area contributed by atoms with E-state index in [1.165, 1.54) is 12.1 Å². The van der Waals surface area contributed by atoms with E-state index in [1.807, 2.05) is 0 Å². The molecule has 1 rings (SSSR count). The van der Waals surface area contributed by atoms with Crippen LogP contribution in [0.15, 0.2) is 29.4 Å². The molecular formula is C11H13F2N3OS. The Hall–Kier alpha value is -1.76. The fourth-order valence-corrected chi connectivity index (χ4v) is 1.18. The molecule has 0 saturated carbocycles. The van der Waals surface area contributed by atoms with Gasteiger partial charge in [-0.2, -0.15) is 13.9 Å². The zero-order valence-electron chi connectivity index (χ0n) is 9.91. The van der Waals surface area contributed by atoms with Gasteiger partial charge in [0.05, 0.1) is 5.71 Å². The summed E-state index contributed by atoms with van der Waals surface area (Å²) in [6.45, 7) is -1.05. The molecule has 0 unspecified atom stereocenters. The predicted octanol–water partition coefficient (Wildman–Crippen LogP) is 2.11. The summed E-state index contributed by atoms with van der Waals surface area (Å²) in [5, 5.41) is 7.14. The Morgan fingerprint density at radius 3 is 2.44 bits per heavy atom. The van der Waals surface area contributed by atoms with Crippen LogP contribution in [0, 0.1) is 0 Å². The fraction of sp³-hybridized carbons (Fsp3) is 0.273. The molecule has 0 spiro atoms. The Kier molecular flexibility index (Phi) is 5.44. The molecule has 0 aliphatic rings. The third-order valence-electron chi connectivity index (χ3n) is 2.05. The Bertz CT molecular complexity index is 434. The highest BCUT2D eigenvalue weighted by molar-refractivity contribution is 7.80. The first-order valence-electron chi connectivity index (χ1n) is 5.10. The number of hydrogen-bond donors (Lipinski definition) is 2. The van der Waals surface area contributed by atoms with E-state index in [4.69, 9.17) is 12.2 Å². The molecule has 0 radical (unpaired) electrons. The van der Waals surface area contributed by atoms with E-state index in [0.29, 0.717) is 10.8 Å². The number of rotatable bonds is 4. The lowest BCUT2D eigenvalue weighted by molar-refractivity contribution is -0.0498. The topological polar surface area (TPSA) is 45.7 Å². The number of thiocarbonyl (C=S) groups is 1. The van der Waals surface area contributed by atoms with Crippen molar-refractivity contribution in [3.05, 3.63) is 29.8 Å². The molecule has 2 N–H and O–H groups in total. The van der Waals surface area contributed by atoms with Crippen LogP contribution in [0.5, 0.6) is 5.75 Å². The molecule has 0 amide bonds. The van der Waals surface area contributed by atoms with Crippen molar-refractivity contribution in [3.63, 3.8) is 0 Å². The highest BCUT2D eigenvalue weighted by Crippen LogP contribution is 2.15. The standard InChI is InChI=1S/C11H13F2N3OS/c1-7(15-16-11(18)14-2)8-3-5-9(6-4-8)17-10(12)13/h3-6,10H,1-2H3,(H2,14,16,18)/b15-7-. The monoisotopic (exact) mass is 273 g/mol. The number of nitrogens with zero attached hydrogens (tertiary/aromatic N) is 1. The maximum absolute atomic E-state index is 12.0. The third kappa shape index (κ3) is 4.62. The Labute approximate surface area is 109 Å².